The van der Waals surface area contributed by atoms with E-state index in [-0.39, 0.29) is 30.2 Å². The largest absolute Gasteiger partial charge is 0.421 e. The molecule has 1 aliphatic carbocycles. The fourth-order valence-corrected chi connectivity index (χ4v) is 3.44. The van der Waals surface area contributed by atoms with E-state index in [1.54, 1.807) is 7.11 Å². The zero-order chi connectivity index (χ0) is 22.6. The topological polar surface area (TPSA) is 72.0 Å². The molecule has 0 aliphatic heterocycles. The summed E-state index contributed by atoms with van der Waals surface area (Å²) in [6, 6.07) is 0.596. The molecule has 1 saturated carbocycles. The van der Waals surface area contributed by atoms with Crippen LogP contribution in [-0.2, 0) is 23.6 Å². The first kappa shape index (κ1) is 23.0. The number of anilines is 2. The lowest BCUT2D eigenvalue weighted by atomic mass is 9.93. The van der Waals surface area contributed by atoms with E-state index in [4.69, 9.17) is 4.74 Å². The highest BCUT2D eigenvalue weighted by atomic mass is 19.4. The van der Waals surface area contributed by atoms with Crippen LogP contribution in [0.3, 0.4) is 0 Å². The molecule has 6 nitrogen and oxygen atoms in total. The highest BCUT2D eigenvalue weighted by molar-refractivity contribution is 5.49. The number of rotatable bonds is 6. The lowest BCUT2D eigenvalue weighted by Gasteiger charge is -2.29. The van der Waals surface area contributed by atoms with Crippen LogP contribution in [0.5, 0.6) is 0 Å². The molecule has 0 spiro atoms. The summed E-state index contributed by atoms with van der Waals surface area (Å²) < 4.78 is 84.8. The van der Waals surface area contributed by atoms with Gasteiger partial charge in [-0.2, -0.15) is 31.3 Å². The van der Waals surface area contributed by atoms with Crippen LogP contribution in [0, 0.1) is 0 Å². The van der Waals surface area contributed by atoms with Gasteiger partial charge in [0.2, 0.25) is 5.95 Å². The second-order valence-corrected chi connectivity index (χ2v) is 7.19. The maximum absolute atomic E-state index is 13.4. The summed E-state index contributed by atoms with van der Waals surface area (Å²) in [7, 11) is 1.59. The first-order valence-corrected chi connectivity index (χ1v) is 9.55. The van der Waals surface area contributed by atoms with Crippen LogP contribution in [0.15, 0.2) is 24.7 Å². The number of aromatic nitrogens is 3. The number of methoxy groups -OCH3 is 1. The Morgan fingerprint density at radius 3 is 2.29 bits per heavy atom. The predicted octanol–water partition coefficient (Wildman–Crippen LogP) is 4.89. The Hall–Kier alpha value is -2.63. The summed E-state index contributed by atoms with van der Waals surface area (Å²) in [5, 5.41) is 5.37. The Morgan fingerprint density at radius 1 is 1.00 bits per heavy atom. The van der Waals surface area contributed by atoms with Gasteiger partial charge in [-0.15, -0.1) is 0 Å². The monoisotopic (exact) mass is 449 g/mol. The van der Waals surface area contributed by atoms with E-state index in [1.165, 1.54) is 0 Å². The predicted molar refractivity (Wildman–Crippen MR) is 100 cm³/mol. The first-order chi connectivity index (χ1) is 14.6. The number of pyridine rings is 1. The highest BCUT2D eigenvalue weighted by Crippen LogP contribution is 2.36. The summed E-state index contributed by atoms with van der Waals surface area (Å²) in [6.45, 7) is -0.355. The van der Waals surface area contributed by atoms with E-state index < -0.39 is 29.3 Å². The van der Waals surface area contributed by atoms with Crippen LogP contribution in [0.25, 0.3) is 0 Å². The molecule has 3 rings (SSSR count). The van der Waals surface area contributed by atoms with Gasteiger partial charge < -0.3 is 15.4 Å². The molecule has 2 N–H and O–H groups in total. The standard InChI is InChI=1S/C19H21F6N5O/c1-31-13-4-2-12(3-5-13)29-16-15(19(23,24)25)10-28-17(30-16)27-9-11-8-26-7-6-14(11)18(20,21)22/h6-8,10,12-13H,2-5,9H2,1H3,(H2,27,28,29,30). The minimum Gasteiger partial charge on any atom is -0.381 e. The molecule has 0 saturated heterocycles. The van der Waals surface area contributed by atoms with Crippen LogP contribution in [0.4, 0.5) is 38.1 Å². The average molecular weight is 449 g/mol. The molecular weight excluding hydrogens is 428 g/mol. The van der Waals surface area contributed by atoms with Crippen LogP contribution >= 0.6 is 0 Å². The van der Waals surface area contributed by atoms with Crippen molar-refractivity contribution in [1.82, 2.24) is 15.0 Å². The third kappa shape index (κ3) is 5.96. The van der Waals surface area contributed by atoms with E-state index in [2.05, 4.69) is 25.6 Å². The molecular formula is C19H21F6N5O. The SMILES string of the molecule is COC1CCC(Nc2nc(NCc3cnccc3C(F)(F)F)ncc2C(F)(F)F)CC1. The fraction of sp³-hybridized carbons (Fsp3) is 0.526. The van der Waals surface area contributed by atoms with Gasteiger partial charge in [0, 0.05) is 43.9 Å². The number of hydrogen-bond acceptors (Lipinski definition) is 6. The van der Waals surface area contributed by atoms with E-state index in [9.17, 15) is 26.3 Å². The molecule has 0 aromatic carbocycles. The zero-order valence-electron chi connectivity index (χ0n) is 16.5. The van der Waals surface area contributed by atoms with Gasteiger partial charge in [0.05, 0.1) is 11.7 Å². The Bertz CT molecular complexity index is 881. The van der Waals surface area contributed by atoms with Crippen LogP contribution < -0.4 is 10.6 Å². The molecule has 0 unspecified atom stereocenters. The average Bonchev–Trinajstić information content (AvgIpc) is 2.71. The maximum atomic E-state index is 13.4. The van der Waals surface area contributed by atoms with E-state index in [1.807, 2.05) is 0 Å². The number of hydrogen-bond donors (Lipinski definition) is 2. The van der Waals surface area contributed by atoms with Crippen molar-refractivity contribution < 1.29 is 31.1 Å². The Kier molecular flexibility index (Phi) is 6.87. The second-order valence-electron chi connectivity index (χ2n) is 7.19. The molecule has 2 aromatic rings. The van der Waals surface area contributed by atoms with Crippen molar-refractivity contribution in [3.63, 3.8) is 0 Å². The zero-order valence-corrected chi connectivity index (χ0v) is 16.5. The number of alkyl halides is 6. The van der Waals surface area contributed by atoms with Crippen molar-refractivity contribution in [3.8, 4) is 0 Å². The summed E-state index contributed by atoms with van der Waals surface area (Å²) in [4.78, 5) is 11.2. The molecule has 2 heterocycles. The Labute approximate surface area is 174 Å². The molecule has 0 atom stereocenters. The van der Waals surface area contributed by atoms with Gasteiger partial charge in [-0.3, -0.25) is 4.98 Å². The lowest BCUT2D eigenvalue weighted by Crippen LogP contribution is -2.30. The number of ether oxygens (including phenoxy) is 1. The van der Waals surface area contributed by atoms with Crippen molar-refractivity contribution in [3.05, 3.63) is 41.3 Å². The van der Waals surface area contributed by atoms with Gasteiger partial charge in [-0.1, -0.05) is 0 Å². The molecule has 170 valence electrons. The minimum absolute atomic E-state index is 0.0741. The van der Waals surface area contributed by atoms with E-state index in [0.717, 1.165) is 18.5 Å². The second kappa shape index (κ2) is 9.25. The van der Waals surface area contributed by atoms with Crippen molar-refractivity contribution in [2.24, 2.45) is 0 Å². The summed E-state index contributed by atoms with van der Waals surface area (Å²) in [5.74, 6) is -0.633. The van der Waals surface area contributed by atoms with Crippen molar-refractivity contribution >= 4 is 11.8 Å². The maximum Gasteiger partial charge on any atom is 0.421 e. The minimum atomic E-state index is -4.68. The van der Waals surface area contributed by atoms with Crippen LogP contribution in [0.1, 0.15) is 42.4 Å². The molecule has 1 fully saturated rings. The number of nitrogens with zero attached hydrogens (tertiary/aromatic N) is 3. The molecule has 2 aromatic heterocycles. The molecule has 0 bridgehead atoms. The Morgan fingerprint density at radius 2 is 1.68 bits per heavy atom. The van der Waals surface area contributed by atoms with Crippen LogP contribution in [-0.4, -0.2) is 34.2 Å². The molecule has 12 heteroatoms. The smallest absolute Gasteiger partial charge is 0.381 e. The van der Waals surface area contributed by atoms with Gasteiger partial charge in [0.1, 0.15) is 11.4 Å². The molecule has 31 heavy (non-hydrogen) atoms. The van der Waals surface area contributed by atoms with Gasteiger partial charge >= 0.3 is 12.4 Å². The van der Waals surface area contributed by atoms with E-state index >= 15 is 0 Å². The normalized spacial score (nSPS) is 19.8. The highest BCUT2D eigenvalue weighted by Gasteiger charge is 2.36. The first-order valence-electron chi connectivity index (χ1n) is 9.55. The number of nitrogens with one attached hydrogen (secondary N) is 2. The lowest BCUT2D eigenvalue weighted by molar-refractivity contribution is -0.138. The van der Waals surface area contributed by atoms with Gasteiger partial charge in [0.15, 0.2) is 0 Å². The Balaban J connectivity index is 1.78. The van der Waals surface area contributed by atoms with Gasteiger partial charge in [-0.25, -0.2) is 4.98 Å². The summed E-state index contributed by atoms with van der Waals surface area (Å²) in [6.07, 6.45) is -3.92. The third-order valence-corrected chi connectivity index (χ3v) is 5.09. The molecule has 1 aliphatic rings. The van der Waals surface area contributed by atoms with Gasteiger partial charge in [0.25, 0.3) is 0 Å². The number of halogens is 6. The molecule has 0 amide bonds. The fourth-order valence-electron chi connectivity index (χ4n) is 3.44. The molecule has 0 radical (unpaired) electrons. The van der Waals surface area contributed by atoms with Gasteiger partial charge in [-0.05, 0) is 31.7 Å². The van der Waals surface area contributed by atoms with Crippen molar-refractivity contribution in [2.75, 3.05) is 17.7 Å². The van der Waals surface area contributed by atoms with Crippen LogP contribution in [0.2, 0.25) is 0 Å². The third-order valence-electron chi connectivity index (χ3n) is 5.09. The quantitative estimate of drug-likeness (QED) is 0.612. The summed E-state index contributed by atoms with van der Waals surface area (Å²) >= 11 is 0. The van der Waals surface area contributed by atoms with Crippen molar-refractivity contribution in [1.29, 1.82) is 0 Å². The summed E-state index contributed by atoms with van der Waals surface area (Å²) in [5.41, 5.74) is -2.11. The van der Waals surface area contributed by atoms with Crippen molar-refractivity contribution in [2.45, 2.75) is 56.7 Å². The van der Waals surface area contributed by atoms with E-state index in [0.29, 0.717) is 31.9 Å².